The van der Waals surface area contributed by atoms with Crippen LogP contribution in [0.15, 0.2) is 0 Å². The van der Waals surface area contributed by atoms with Crippen molar-refractivity contribution in [3.05, 3.63) is 34.6 Å². The second-order valence-electron chi connectivity index (χ2n) is 2.86. The quantitative estimate of drug-likeness (QED) is 0.487. The summed E-state index contributed by atoms with van der Waals surface area (Å²) in [5.74, 6) is -10.8. The Bertz CT molecular complexity index is 439. The fourth-order valence-electron chi connectivity index (χ4n) is 1.10. The van der Waals surface area contributed by atoms with Crippen LogP contribution in [-0.2, 0) is 0 Å². The fourth-order valence-corrected chi connectivity index (χ4v) is 1.10. The highest BCUT2D eigenvalue weighted by Gasteiger charge is 2.29. The maximum atomic E-state index is 13.0. The van der Waals surface area contributed by atoms with Gasteiger partial charge in [-0.05, 0) is 0 Å². The second-order valence-corrected chi connectivity index (χ2v) is 2.86. The molecule has 0 fully saturated rings. The van der Waals surface area contributed by atoms with Crippen LogP contribution in [0, 0.1) is 40.4 Å². The lowest BCUT2D eigenvalue weighted by atomic mass is 10.0. The third kappa shape index (κ3) is 1.84. The van der Waals surface area contributed by atoms with Gasteiger partial charge in [0, 0.05) is 0 Å². The van der Waals surface area contributed by atoms with E-state index in [4.69, 9.17) is 10.4 Å². The van der Waals surface area contributed by atoms with Crippen LogP contribution in [0.1, 0.15) is 18.1 Å². The van der Waals surface area contributed by atoms with Gasteiger partial charge in [0.1, 0.15) is 0 Å². The van der Waals surface area contributed by atoms with Gasteiger partial charge >= 0.3 is 0 Å². The van der Waals surface area contributed by atoms with Crippen LogP contribution < -0.4 is 0 Å². The summed E-state index contributed by atoms with van der Waals surface area (Å²) in [6.45, 7) is 0. The van der Waals surface area contributed by atoms with E-state index in [1.807, 2.05) is 0 Å². The first-order chi connectivity index (χ1) is 7.41. The molecule has 0 saturated heterocycles. The van der Waals surface area contributed by atoms with E-state index in [1.165, 1.54) is 6.07 Å². The van der Waals surface area contributed by atoms with Crippen LogP contribution in [0.25, 0.3) is 0 Å². The zero-order valence-corrected chi connectivity index (χ0v) is 7.57. The molecule has 2 nitrogen and oxygen atoms in total. The molecule has 7 heteroatoms. The van der Waals surface area contributed by atoms with Crippen LogP contribution in [0.5, 0.6) is 0 Å². The number of nitriles is 1. The molecule has 0 saturated carbocycles. The average Bonchev–Trinajstić information content (AvgIpc) is 2.24. The molecule has 0 heterocycles. The van der Waals surface area contributed by atoms with E-state index < -0.39 is 47.2 Å². The van der Waals surface area contributed by atoms with Gasteiger partial charge in [0.2, 0.25) is 5.82 Å². The van der Waals surface area contributed by atoms with Gasteiger partial charge in [0.15, 0.2) is 23.3 Å². The second kappa shape index (κ2) is 4.45. The van der Waals surface area contributed by atoms with Crippen molar-refractivity contribution < 1.29 is 27.1 Å². The molecule has 0 aliphatic carbocycles. The molecule has 0 aliphatic rings. The first-order valence-corrected chi connectivity index (χ1v) is 3.98. The first-order valence-electron chi connectivity index (χ1n) is 3.98. The molecule has 0 amide bonds. The summed E-state index contributed by atoms with van der Waals surface area (Å²) in [7, 11) is 0. The number of aliphatic hydroxyl groups excluding tert-OH is 1. The normalized spacial score (nSPS) is 12.3. The van der Waals surface area contributed by atoms with E-state index >= 15 is 0 Å². The highest BCUT2D eigenvalue weighted by atomic mass is 19.2. The highest BCUT2D eigenvalue weighted by molar-refractivity contribution is 5.26. The molecular formula is C9H4F5NO. The Morgan fingerprint density at radius 3 is 1.69 bits per heavy atom. The SMILES string of the molecule is N#CC[C@H](O)c1c(F)c(F)c(F)c(F)c1F. The zero-order chi connectivity index (χ0) is 12.5. The molecule has 1 N–H and O–H groups in total. The third-order valence-electron chi connectivity index (χ3n) is 1.86. The molecule has 0 spiro atoms. The molecular weight excluding hydrogens is 233 g/mol. The summed E-state index contributed by atoms with van der Waals surface area (Å²) in [6, 6.07) is 1.35. The minimum Gasteiger partial charge on any atom is -0.387 e. The molecule has 0 aliphatic heterocycles. The minimum atomic E-state index is -2.30. The Morgan fingerprint density at radius 2 is 1.31 bits per heavy atom. The number of aliphatic hydroxyl groups is 1. The predicted octanol–water partition coefficient (Wildman–Crippen LogP) is 2.33. The van der Waals surface area contributed by atoms with Gasteiger partial charge in [-0.2, -0.15) is 5.26 Å². The lowest BCUT2D eigenvalue weighted by Crippen LogP contribution is -2.11. The Balaban J connectivity index is 3.46. The van der Waals surface area contributed by atoms with E-state index in [0.29, 0.717) is 0 Å². The lowest BCUT2D eigenvalue weighted by molar-refractivity contribution is 0.168. The Labute approximate surface area is 86.5 Å². The Kier molecular flexibility index (Phi) is 3.44. The molecule has 1 rings (SSSR count). The summed E-state index contributed by atoms with van der Waals surface area (Å²) >= 11 is 0. The average molecular weight is 237 g/mol. The molecule has 0 aromatic heterocycles. The van der Waals surface area contributed by atoms with Crippen LogP contribution in [-0.4, -0.2) is 5.11 Å². The molecule has 0 radical (unpaired) electrons. The summed E-state index contributed by atoms with van der Waals surface area (Å²) in [5.41, 5.74) is -1.39. The number of hydrogen-bond donors (Lipinski definition) is 1. The largest absolute Gasteiger partial charge is 0.387 e. The summed E-state index contributed by atoms with van der Waals surface area (Å²) in [4.78, 5) is 0. The van der Waals surface area contributed by atoms with Crippen molar-refractivity contribution in [3.63, 3.8) is 0 Å². The van der Waals surface area contributed by atoms with Gasteiger partial charge in [-0.15, -0.1) is 0 Å². The minimum absolute atomic E-state index is 0.779. The van der Waals surface area contributed by atoms with Gasteiger partial charge in [0.05, 0.1) is 24.2 Å². The van der Waals surface area contributed by atoms with Gasteiger partial charge in [-0.3, -0.25) is 0 Å². The third-order valence-corrected chi connectivity index (χ3v) is 1.86. The summed E-state index contributed by atoms with van der Waals surface area (Å²) < 4.78 is 63.8. The van der Waals surface area contributed by atoms with Crippen molar-refractivity contribution >= 4 is 0 Å². The van der Waals surface area contributed by atoms with Crippen LogP contribution in [0.3, 0.4) is 0 Å². The predicted molar refractivity (Wildman–Crippen MR) is 41.4 cm³/mol. The van der Waals surface area contributed by atoms with Crippen molar-refractivity contribution in [2.24, 2.45) is 0 Å². The number of nitrogens with zero attached hydrogens (tertiary/aromatic N) is 1. The molecule has 0 bridgehead atoms. The molecule has 1 aromatic carbocycles. The molecule has 16 heavy (non-hydrogen) atoms. The van der Waals surface area contributed by atoms with Crippen molar-refractivity contribution in [2.45, 2.75) is 12.5 Å². The highest BCUT2D eigenvalue weighted by Crippen LogP contribution is 2.28. The van der Waals surface area contributed by atoms with Crippen LogP contribution in [0.4, 0.5) is 22.0 Å². The van der Waals surface area contributed by atoms with Gasteiger partial charge in [-0.25, -0.2) is 22.0 Å². The van der Waals surface area contributed by atoms with Crippen LogP contribution >= 0.6 is 0 Å². The zero-order valence-electron chi connectivity index (χ0n) is 7.57. The maximum Gasteiger partial charge on any atom is 0.200 e. The van der Waals surface area contributed by atoms with Gasteiger partial charge in [0.25, 0.3) is 0 Å². The Hall–Kier alpha value is -1.68. The molecule has 0 unspecified atom stereocenters. The molecule has 1 aromatic rings. The van der Waals surface area contributed by atoms with Crippen molar-refractivity contribution in [1.29, 1.82) is 5.26 Å². The smallest absolute Gasteiger partial charge is 0.200 e. The topological polar surface area (TPSA) is 44.0 Å². The maximum absolute atomic E-state index is 13.0. The van der Waals surface area contributed by atoms with Crippen LogP contribution in [0.2, 0.25) is 0 Å². The Morgan fingerprint density at radius 1 is 0.938 bits per heavy atom. The van der Waals surface area contributed by atoms with E-state index in [9.17, 15) is 22.0 Å². The fraction of sp³-hybridized carbons (Fsp3) is 0.222. The number of halogens is 5. The van der Waals surface area contributed by atoms with E-state index in [1.54, 1.807) is 0 Å². The van der Waals surface area contributed by atoms with E-state index in [2.05, 4.69) is 0 Å². The molecule has 86 valence electrons. The first kappa shape index (κ1) is 12.4. The molecule has 1 atom stereocenters. The monoisotopic (exact) mass is 237 g/mol. The van der Waals surface area contributed by atoms with Crippen molar-refractivity contribution in [3.8, 4) is 6.07 Å². The van der Waals surface area contributed by atoms with E-state index in [0.717, 1.165) is 0 Å². The van der Waals surface area contributed by atoms with Crippen molar-refractivity contribution in [2.75, 3.05) is 0 Å². The summed E-state index contributed by atoms with van der Waals surface area (Å²) in [5, 5.41) is 17.2. The lowest BCUT2D eigenvalue weighted by Gasteiger charge is -2.11. The van der Waals surface area contributed by atoms with Gasteiger partial charge < -0.3 is 5.11 Å². The van der Waals surface area contributed by atoms with Gasteiger partial charge in [-0.1, -0.05) is 0 Å². The van der Waals surface area contributed by atoms with E-state index in [-0.39, 0.29) is 0 Å². The summed E-state index contributed by atoms with van der Waals surface area (Å²) in [6.07, 6.45) is -2.84. The van der Waals surface area contributed by atoms with Crippen molar-refractivity contribution in [1.82, 2.24) is 0 Å². The standard InChI is InChI=1S/C9H4F5NO/c10-5-4(3(16)1-2-15)6(11)8(13)9(14)7(5)12/h3,16H,1H2/t3-/m0/s1. The number of benzene rings is 1. The number of hydrogen-bond acceptors (Lipinski definition) is 2. The number of rotatable bonds is 2.